The molecule has 134 valence electrons. The lowest BCUT2D eigenvalue weighted by molar-refractivity contribution is -0.123. The molecule has 0 radical (unpaired) electrons. The molecule has 1 aromatic heterocycles. The third-order valence-electron chi connectivity index (χ3n) is 5.22. The van der Waals surface area contributed by atoms with E-state index in [0.717, 1.165) is 24.1 Å². The normalized spacial score (nSPS) is 19.3. The van der Waals surface area contributed by atoms with Crippen LogP contribution in [0.5, 0.6) is 0 Å². The van der Waals surface area contributed by atoms with Crippen LogP contribution in [-0.4, -0.2) is 24.0 Å². The minimum absolute atomic E-state index is 0.0573. The van der Waals surface area contributed by atoms with Gasteiger partial charge in [0.2, 0.25) is 5.91 Å². The molecule has 2 N–H and O–H groups in total. The fourth-order valence-corrected chi connectivity index (χ4v) is 3.76. The molecule has 1 aliphatic rings. The van der Waals surface area contributed by atoms with E-state index in [1.807, 2.05) is 24.3 Å². The smallest absolute Gasteiger partial charge is 0.220 e. The zero-order valence-corrected chi connectivity index (χ0v) is 15.0. The highest BCUT2D eigenvalue weighted by Crippen LogP contribution is 2.36. The predicted octanol–water partition coefficient (Wildman–Crippen LogP) is 3.70. The molecule has 0 spiro atoms. The van der Waals surface area contributed by atoms with Crippen molar-refractivity contribution >= 4 is 16.8 Å². The zero-order valence-electron chi connectivity index (χ0n) is 15.0. The number of carbonyl (C=O) groups is 1. The lowest BCUT2D eigenvalue weighted by Gasteiger charge is -2.34. The number of H-pyrrole nitrogens is 1. The molecule has 3 aromatic rings. The summed E-state index contributed by atoms with van der Waals surface area (Å²) in [6, 6.07) is 18.4. The molecule has 0 bridgehead atoms. The number of aromatic amines is 1. The Bertz CT molecular complexity index is 916. The van der Waals surface area contributed by atoms with E-state index < -0.39 is 5.60 Å². The van der Waals surface area contributed by atoms with Crippen molar-refractivity contribution in [3.05, 3.63) is 71.4 Å². The van der Waals surface area contributed by atoms with Gasteiger partial charge in [-0.15, -0.1) is 0 Å². The largest absolute Gasteiger partial charge is 0.367 e. The zero-order chi connectivity index (χ0) is 18.0. The molecule has 4 heteroatoms. The van der Waals surface area contributed by atoms with Crippen molar-refractivity contribution in [2.45, 2.75) is 31.8 Å². The number of nitrogens with one attached hydrogen (secondary N) is 2. The molecular weight excluding hydrogens is 324 g/mol. The summed E-state index contributed by atoms with van der Waals surface area (Å²) in [5.41, 5.74) is 4.20. The van der Waals surface area contributed by atoms with Gasteiger partial charge in [0.05, 0.1) is 18.8 Å². The minimum atomic E-state index is -0.519. The summed E-state index contributed by atoms with van der Waals surface area (Å²) in [5.74, 6) is 0.0573. The van der Waals surface area contributed by atoms with E-state index >= 15 is 0 Å². The Balaban J connectivity index is 1.44. The number of hydrogen-bond acceptors (Lipinski definition) is 2. The van der Waals surface area contributed by atoms with E-state index in [0.29, 0.717) is 19.6 Å². The summed E-state index contributed by atoms with van der Waals surface area (Å²) in [6.45, 7) is 3.20. The van der Waals surface area contributed by atoms with Gasteiger partial charge in [-0.3, -0.25) is 4.79 Å². The number of ether oxygens (including phenoxy) is 1. The fraction of sp³-hybridized carbons (Fsp3) is 0.318. The number of rotatable bonds is 5. The number of amides is 1. The number of para-hydroxylation sites is 1. The molecule has 1 atom stereocenters. The fourth-order valence-electron chi connectivity index (χ4n) is 3.76. The average molecular weight is 348 g/mol. The van der Waals surface area contributed by atoms with Crippen molar-refractivity contribution in [1.29, 1.82) is 0 Å². The van der Waals surface area contributed by atoms with Crippen molar-refractivity contribution in [2.75, 3.05) is 13.2 Å². The topological polar surface area (TPSA) is 54.1 Å². The molecule has 0 fully saturated rings. The predicted molar refractivity (Wildman–Crippen MR) is 103 cm³/mol. The van der Waals surface area contributed by atoms with Gasteiger partial charge in [0.25, 0.3) is 0 Å². The lowest BCUT2D eigenvalue weighted by atomic mass is 9.92. The van der Waals surface area contributed by atoms with Crippen LogP contribution in [0, 0.1) is 0 Å². The summed E-state index contributed by atoms with van der Waals surface area (Å²) in [7, 11) is 0. The summed E-state index contributed by atoms with van der Waals surface area (Å²) >= 11 is 0. The van der Waals surface area contributed by atoms with E-state index in [1.54, 1.807) is 0 Å². The first-order valence-electron chi connectivity index (χ1n) is 9.20. The third kappa shape index (κ3) is 3.25. The van der Waals surface area contributed by atoms with Gasteiger partial charge in [-0.2, -0.15) is 0 Å². The van der Waals surface area contributed by atoms with E-state index in [4.69, 9.17) is 4.74 Å². The van der Waals surface area contributed by atoms with Gasteiger partial charge in [0, 0.05) is 17.3 Å². The Morgan fingerprint density at radius 2 is 1.92 bits per heavy atom. The maximum Gasteiger partial charge on any atom is 0.220 e. The minimum Gasteiger partial charge on any atom is -0.367 e. The van der Waals surface area contributed by atoms with Gasteiger partial charge in [-0.1, -0.05) is 48.5 Å². The van der Waals surface area contributed by atoms with Crippen LogP contribution in [-0.2, 0) is 28.0 Å². The van der Waals surface area contributed by atoms with Gasteiger partial charge in [-0.05, 0) is 37.0 Å². The molecule has 4 nitrogen and oxygen atoms in total. The van der Waals surface area contributed by atoms with Crippen molar-refractivity contribution in [2.24, 2.45) is 0 Å². The Hall–Kier alpha value is -2.59. The van der Waals surface area contributed by atoms with Gasteiger partial charge in [0.1, 0.15) is 5.60 Å². The van der Waals surface area contributed by atoms with Crippen LogP contribution in [0.15, 0.2) is 54.6 Å². The van der Waals surface area contributed by atoms with Crippen LogP contribution in [0.25, 0.3) is 10.9 Å². The Kier molecular flexibility index (Phi) is 4.51. The van der Waals surface area contributed by atoms with E-state index in [9.17, 15) is 4.79 Å². The maximum absolute atomic E-state index is 12.3. The van der Waals surface area contributed by atoms with Crippen LogP contribution >= 0.6 is 0 Å². The Labute approximate surface area is 153 Å². The molecule has 2 heterocycles. The van der Waals surface area contributed by atoms with Gasteiger partial charge in [0.15, 0.2) is 0 Å². The monoisotopic (exact) mass is 348 g/mol. The van der Waals surface area contributed by atoms with E-state index in [2.05, 4.69) is 47.6 Å². The highest BCUT2D eigenvalue weighted by atomic mass is 16.5. The van der Waals surface area contributed by atoms with Gasteiger partial charge in [-0.25, -0.2) is 0 Å². The van der Waals surface area contributed by atoms with Gasteiger partial charge < -0.3 is 15.0 Å². The summed E-state index contributed by atoms with van der Waals surface area (Å²) < 4.78 is 6.09. The molecule has 1 aliphatic heterocycles. The average Bonchev–Trinajstić information content (AvgIpc) is 3.06. The summed E-state index contributed by atoms with van der Waals surface area (Å²) in [5, 5.41) is 4.32. The molecule has 1 amide bonds. The number of aryl methyl sites for hydroxylation is 1. The number of carbonyl (C=O) groups excluding carboxylic acids is 1. The molecule has 4 rings (SSSR count). The van der Waals surface area contributed by atoms with E-state index in [-0.39, 0.29) is 5.91 Å². The Morgan fingerprint density at radius 1 is 1.15 bits per heavy atom. The van der Waals surface area contributed by atoms with Crippen molar-refractivity contribution < 1.29 is 9.53 Å². The number of fused-ring (bicyclic) bond motifs is 3. The molecule has 1 unspecified atom stereocenters. The summed E-state index contributed by atoms with van der Waals surface area (Å²) in [6.07, 6.45) is 2.14. The van der Waals surface area contributed by atoms with Crippen molar-refractivity contribution in [1.82, 2.24) is 10.3 Å². The molecule has 0 saturated heterocycles. The molecule has 0 saturated carbocycles. The van der Waals surface area contributed by atoms with Crippen LogP contribution in [0.4, 0.5) is 0 Å². The standard InChI is InChI=1S/C22H24N2O2/c1-22(15-23-20(25)12-11-16-7-3-2-4-8-16)21-18(13-14-26-22)17-9-5-6-10-19(17)24-21/h2-10,24H,11-15H2,1H3,(H,23,25). The van der Waals surface area contributed by atoms with Gasteiger partial charge >= 0.3 is 0 Å². The molecule has 0 aliphatic carbocycles. The second kappa shape index (κ2) is 6.96. The lowest BCUT2D eigenvalue weighted by Crippen LogP contribution is -2.43. The molecule has 26 heavy (non-hydrogen) atoms. The number of aromatic nitrogens is 1. The second-order valence-corrected chi connectivity index (χ2v) is 7.12. The highest BCUT2D eigenvalue weighted by Gasteiger charge is 2.36. The van der Waals surface area contributed by atoms with Crippen LogP contribution in [0.1, 0.15) is 30.2 Å². The van der Waals surface area contributed by atoms with Crippen LogP contribution < -0.4 is 5.32 Å². The van der Waals surface area contributed by atoms with E-state index in [1.165, 1.54) is 16.5 Å². The number of benzene rings is 2. The second-order valence-electron chi connectivity index (χ2n) is 7.12. The quantitative estimate of drug-likeness (QED) is 0.739. The van der Waals surface area contributed by atoms with Crippen molar-refractivity contribution in [3.63, 3.8) is 0 Å². The number of hydrogen-bond donors (Lipinski definition) is 2. The Morgan fingerprint density at radius 3 is 2.77 bits per heavy atom. The van der Waals surface area contributed by atoms with Crippen LogP contribution in [0.3, 0.4) is 0 Å². The summed E-state index contributed by atoms with van der Waals surface area (Å²) in [4.78, 5) is 15.8. The highest BCUT2D eigenvalue weighted by molar-refractivity contribution is 5.85. The maximum atomic E-state index is 12.3. The first-order valence-corrected chi connectivity index (χ1v) is 9.20. The SMILES string of the molecule is CC1(CNC(=O)CCc2ccccc2)OCCc2c1[nH]c1ccccc21. The first kappa shape index (κ1) is 16.9. The molecule has 2 aromatic carbocycles. The van der Waals surface area contributed by atoms with Crippen molar-refractivity contribution in [3.8, 4) is 0 Å². The molecular formula is C22H24N2O2. The third-order valence-corrected chi connectivity index (χ3v) is 5.22. The first-order chi connectivity index (χ1) is 12.7. The van der Waals surface area contributed by atoms with Crippen LogP contribution in [0.2, 0.25) is 0 Å².